The molecule has 1 aliphatic carbocycles. The van der Waals surface area contributed by atoms with Crippen molar-refractivity contribution in [1.29, 1.82) is 0 Å². The molecule has 0 unspecified atom stereocenters. The van der Waals surface area contributed by atoms with Crippen LogP contribution in [0.2, 0.25) is 0 Å². The summed E-state index contributed by atoms with van der Waals surface area (Å²) in [6.07, 6.45) is 14.7. The third-order valence-electron chi connectivity index (χ3n) is 8.72. The lowest BCUT2D eigenvalue weighted by Crippen LogP contribution is -2.43. The maximum atomic E-state index is 13.3. The molecular formula is C35H46N4O5. The highest BCUT2D eigenvalue weighted by molar-refractivity contribution is 5.96. The van der Waals surface area contributed by atoms with Crippen molar-refractivity contribution in [1.82, 2.24) is 20.0 Å². The van der Waals surface area contributed by atoms with Gasteiger partial charge in [0.1, 0.15) is 17.6 Å². The van der Waals surface area contributed by atoms with E-state index in [1.807, 2.05) is 57.4 Å². The van der Waals surface area contributed by atoms with Gasteiger partial charge < -0.3 is 29.5 Å². The highest BCUT2D eigenvalue weighted by Gasteiger charge is 2.28. The number of ketones is 1. The van der Waals surface area contributed by atoms with Gasteiger partial charge in [-0.3, -0.25) is 9.59 Å². The normalized spacial score (nSPS) is 20.2. The number of amides is 2. The number of hydrogen-bond donors (Lipinski definition) is 1. The first kappa shape index (κ1) is 31.6. The molecule has 0 atom stereocenters. The monoisotopic (exact) mass is 602 g/mol. The van der Waals surface area contributed by atoms with E-state index in [0.717, 1.165) is 74.3 Å². The second-order valence-corrected chi connectivity index (χ2v) is 13.2. The lowest BCUT2D eigenvalue weighted by molar-refractivity contribution is -0.114. The number of hydrogen-bond acceptors (Lipinski definition) is 7. The van der Waals surface area contributed by atoms with Gasteiger partial charge in [-0.15, -0.1) is 0 Å². The van der Waals surface area contributed by atoms with E-state index in [9.17, 15) is 14.4 Å². The average Bonchev–Trinajstić information content (AvgIpc) is 3.02. The standard InChI is InChI=1S/C35H46N4O5/c1-35(2,3)44-34(42)39-17-11-26(12-18-39)24-36-33(41)31-10-5-4-9-30(31)27-13-15-37(16-14-27)19-20-38-21-22-43-32(25-38)28-7-6-8-29(40)23-28/h4-10,21-22,25-27H,11-20,23-24H2,1-3H3,(H,36,41). The second kappa shape index (κ2) is 14.3. The van der Waals surface area contributed by atoms with E-state index >= 15 is 0 Å². The molecule has 2 saturated heterocycles. The van der Waals surface area contributed by atoms with Crippen LogP contribution in [0.5, 0.6) is 0 Å². The fourth-order valence-corrected chi connectivity index (χ4v) is 6.21. The zero-order valence-electron chi connectivity index (χ0n) is 26.3. The molecule has 1 aromatic carbocycles. The first-order chi connectivity index (χ1) is 21.1. The number of carbonyl (C=O) groups excluding carboxylic acids is 3. The average molecular weight is 603 g/mol. The van der Waals surface area contributed by atoms with Crippen molar-refractivity contribution in [3.63, 3.8) is 0 Å². The number of nitrogens with one attached hydrogen (secondary N) is 1. The molecule has 0 saturated carbocycles. The lowest BCUT2D eigenvalue weighted by Gasteiger charge is -2.34. The number of likely N-dealkylation sites (tertiary alicyclic amines) is 2. The minimum atomic E-state index is -0.497. The SMILES string of the molecule is CC(C)(C)OC(=O)N1CCC(CNC(=O)c2ccccc2C2CCN(CCN3C=COC(C4=CC=CC(=O)C4)=C3)CC2)CC1. The first-order valence-corrected chi connectivity index (χ1v) is 15.9. The Hall–Kier alpha value is -3.85. The van der Waals surface area contributed by atoms with Crippen LogP contribution in [0, 0.1) is 5.92 Å². The molecule has 44 heavy (non-hydrogen) atoms. The summed E-state index contributed by atoms with van der Waals surface area (Å²) in [4.78, 5) is 43.9. The van der Waals surface area contributed by atoms with E-state index in [0.29, 0.717) is 37.9 Å². The summed E-state index contributed by atoms with van der Waals surface area (Å²) in [5, 5.41) is 3.19. The Morgan fingerprint density at radius 1 is 1.02 bits per heavy atom. The fourth-order valence-electron chi connectivity index (χ4n) is 6.21. The van der Waals surface area contributed by atoms with Crippen LogP contribution in [0.25, 0.3) is 0 Å². The van der Waals surface area contributed by atoms with Gasteiger partial charge in [0.25, 0.3) is 5.91 Å². The molecule has 2 amide bonds. The lowest BCUT2D eigenvalue weighted by atomic mass is 9.86. The van der Waals surface area contributed by atoms with Gasteiger partial charge in [0.2, 0.25) is 0 Å². The molecular weight excluding hydrogens is 556 g/mol. The van der Waals surface area contributed by atoms with Crippen LogP contribution in [-0.2, 0) is 14.3 Å². The summed E-state index contributed by atoms with van der Waals surface area (Å²) < 4.78 is 11.2. The summed E-state index contributed by atoms with van der Waals surface area (Å²) in [6, 6.07) is 8.03. The van der Waals surface area contributed by atoms with Crippen LogP contribution < -0.4 is 5.32 Å². The molecule has 9 heteroatoms. The van der Waals surface area contributed by atoms with Crippen LogP contribution >= 0.6 is 0 Å². The molecule has 1 N–H and O–H groups in total. The summed E-state index contributed by atoms with van der Waals surface area (Å²) >= 11 is 0. The highest BCUT2D eigenvalue weighted by atomic mass is 16.6. The van der Waals surface area contributed by atoms with Gasteiger partial charge in [-0.1, -0.05) is 30.4 Å². The van der Waals surface area contributed by atoms with Crippen molar-refractivity contribution >= 4 is 17.8 Å². The van der Waals surface area contributed by atoms with Gasteiger partial charge in [0, 0.05) is 62.7 Å². The molecule has 0 aromatic heterocycles. The molecule has 5 rings (SSSR count). The summed E-state index contributed by atoms with van der Waals surface area (Å²) in [6.45, 7) is 11.3. The van der Waals surface area contributed by atoms with Gasteiger partial charge in [-0.2, -0.15) is 0 Å². The van der Waals surface area contributed by atoms with Gasteiger partial charge in [0.15, 0.2) is 5.78 Å². The van der Waals surface area contributed by atoms with Crippen molar-refractivity contribution in [3.8, 4) is 0 Å². The molecule has 236 valence electrons. The van der Waals surface area contributed by atoms with E-state index < -0.39 is 5.60 Å². The fraction of sp³-hybridized carbons (Fsp3) is 0.514. The molecule has 2 fully saturated rings. The Morgan fingerprint density at radius 2 is 1.77 bits per heavy atom. The summed E-state index contributed by atoms with van der Waals surface area (Å²) in [5.74, 6) is 1.50. The van der Waals surface area contributed by atoms with E-state index in [4.69, 9.17) is 9.47 Å². The zero-order valence-corrected chi connectivity index (χ0v) is 26.3. The number of benzene rings is 1. The van der Waals surface area contributed by atoms with E-state index in [2.05, 4.69) is 21.2 Å². The minimum absolute atomic E-state index is 0.00966. The van der Waals surface area contributed by atoms with Crippen molar-refractivity contribution in [3.05, 3.63) is 83.6 Å². The van der Waals surface area contributed by atoms with Crippen molar-refractivity contribution in [2.75, 3.05) is 45.8 Å². The second-order valence-electron chi connectivity index (χ2n) is 13.2. The number of allylic oxidation sites excluding steroid dienone is 4. The van der Waals surface area contributed by atoms with Crippen LogP contribution in [-0.4, -0.2) is 83.9 Å². The quantitative estimate of drug-likeness (QED) is 0.429. The molecule has 1 aromatic rings. The first-order valence-electron chi connectivity index (χ1n) is 15.9. The molecule has 9 nitrogen and oxygen atoms in total. The van der Waals surface area contributed by atoms with Crippen molar-refractivity contribution in [2.45, 2.75) is 64.4 Å². The number of piperidine rings is 2. The Morgan fingerprint density at radius 3 is 2.50 bits per heavy atom. The molecule has 0 spiro atoms. The zero-order chi connectivity index (χ0) is 31.1. The predicted octanol–water partition coefficient (Wildman–Crippen LogP) is 5.34. The Balaban J connectivity index is 1.06. The molecule has 3 aliphatic heterocycles. The van der Waals surface area contributed by atoms with Gasteiger partial charge >= 0.3 is 6.09 Å². The molecule has 0 radical (unpaired) electrons. The highest BCUT2D eigenvalue weighted by Crippen LogP contribution is 2.31. The molecule has 3 heterocycles. The van der Waals surface area contributed by atoms with Crippen LogP contribution in [0.15, 0.2) is 72.5 Å². The Labute approximate surface area is 261 Å². The molecule has 4 aliphatic rings. The smallest absolute Gasteiger partial charge is 0.410 e. The van der Waals surface area contributed by atoms with Gasteiger partial charge in [0.05, 0.1) is 0 Å². The topological polar surface area (TPSA) is 91.4 Å². The van der Waals surface area contributed by atoms with E-state index in [-0.39, 0.29) is 17.8 Å². The maximum Gasteiger partial charge on any atom is 0.410 e. The van der Waals surface area contributed by atoms with Gasteiger partial charge in [-0.25, -0.2) is 4.79 Å². The minimum Gasteiger partial charge on any atom is -0.462 e. The maximum absolute atomic E-state index is 13.3. The Bertz CT molecular complexity index is 1320. The third kappa shape index (κ3) is 8.62. The van der Waals surface area contributed by atoms with E-state index in [1.54, 1.807) is 23.3 Å². The largest absolute Gasteiger partial charge is 0.462 e. The number of carbonyl (C=O) groups is 3. The van der Waals surface area contributed by atoms with Crippen molar-refractivity contribution in [2.24, 2.45) is 5.92 Å². The van der Waals surface area contributed by atoms with Gasteiger partial charge in [-0.05, 0) is 89.1 Å². The number of nitrogens with zero attached hydrogens (tertiary/aromatic N) is 3. The number of ether oxygens (including phenoxy) is 2. The summed E-state index contributed by atoms with van der Waals surface area (Å²) in [5.41, 5.74) is 2.32. The van der Waals surface area contributed by atoms with Crippen LogP contribution in [0.1, 0.15) is 74.7 Å². The van der Waals surface area contributed by atoms with E-state index in [1.165, 1.54) is 0 Å². The predicted molar refractivity (Wildman–Crippen MR) is 170 cm³/mol. The van der Waals surface area contributed by atoms with Crippen molar-refractivity contribution < 1.29 is 23.9 Å². The van der Waals surface area contributed by atoms with Crippen LogP contribution in [0.4, 0.5) is 4.79 Å². The summed E-state index contributed by atoms with van der Waals surface area (Å²) in [7, 11) is 0. The third-order valence-corrected chi connectivity index (χ3v) is 8.72. The molecule has 0 bridgehead atoms. The number of rotatable bonds is 8. The van der Waals surface area contributed by atoms with Crippen LogP contribution in [0.3, 0.4) is 0 Å². The Kier molecular flexibility index (Phi) is 10.3.